The van der Waals surface area contributed by atoms with Crippen molar-refractivity contribution in [2.75, 3.05) is 6.54 Å². The molecule has 0 spiro atoms. The Morgan fingerprint density at radius 2 is 1.82 bits per heavy atom. The van der Waals surface area contributed by atoms with E-state index in [1.54, 1.807) is 4.90 Å². The van der Waals surface area contributed by atoms with Gasteiger partial charge in [-0.1, -0.05) is 61.9 Å². The van der Waals surface area contributed by atoms with Crippen LogP contribution in [0.3, 0.4) is 0 Å². The molecule has 2 aromatic rings. The molecular formula is C29H35N3O2. The van der Waals surface area contributed by atoms with Crippen LogP contribution < -0.4 is 10.6 Å². The summed E-state index contributed by atoms with van der Waals surface area (Å²) >= 11 is 0. The van der Waals surface area contributed by atoms with E-state index in [2.05, 4.69) is 59.7 Å². The van der Waals surface area contributed by atoms with Gasteiger partial charge in [0.05, 0.1) is 0 Å². The molecule has 2 aromatic carbocycles. The van der Waals surface area contributed by atoms with E-state index in [0.29, 0.717) is 24.9 Å². The fourth-order valence-electron chi connectivity index (χ4n) is 5.90. The fraction of sp³-hybridized carbons (Fsp3) is 0.448. The Hall–Kier alpha value is -2.92. The summed E-state index contributed by atoms with van der Waals surface area (Å²) in [5.41, 5.74) is 5.24. The minimum atomic E-state index is -0.398. The van der Waals surface area contributed by atoms with Gasteiger partial charge in [-0.05, 0) is 73.7 Å². The summed E-state index contributed by atoms with van der Waals surface area (Å²) in [6.07, 6.45) is 8.54. The number of hydrogen-bond acceptors (Lipinski definition) is 3. The second-order valence-electron chi connectivity index (χ2n) is 10.1. The van der Waals surface area contributed by atoms with Crippen molar-refractivity contribution in [3.05, 3.63) is 83.1 Å². The van der Waals surface area contributed by atoms with Gasteiger partial charge >= 0.3 is 0 Å². The Morgan fingerprint density at radius 3 is 2.65 bits per heavy atom. The second-order valence-corrected chi connectivity index (χ2v) is 10.1. The molecule has 178 valence electrons. The molecule has 2 N–H and O–H groups in total. The molecule has 1 saturated carbocycles. The van der Waals surface area contributed by atoms with Crippen molar-refractivity contribution >= 4 is 11.8 Å². The molecule has 5 rings (SSSR count). The number of piperidine rings is 1. The van der Waals surface area contributed by atoms with Gasteiger partial charge in [0, 0.05) is 23.8 Å². The molecule has 34 heavy (non-hydrogen) atoms. The lowest BCUT2D eigenvalue weighted by Crippen LogP contribution is -2.49. The summed E-state index contributed by atoms with van der Waals surface area (Å²) < 4.78 is 0. The summed E-state index contributed by atoms with van der Waals surface area (Å²) in [7, 11) is 0. The molecule has 2 heterocycles. The highest BCUT2D eigenvalue weighted by atomic mass is 16.2. The number of carbonyl (C=O) groups excluding carboxylic acids is 2. The molecule has 1 saturated heterocycles. The van der Waals surface area contributed by atoms with Crippen LogP contribution in [0.15, 0.2) is 60.8 Å². The number of nitrogens with zero attached hydrogens (tertiary/aromatic N) is 1. The van der Waals surface area contributed by atoms with Crippen LogP contribution in [0.25, 0.3) is 0 Å². The molecule has 1 unspecified atom stereocenters. The molecule has 0 radical (unpaired) electrons. The number of nitrogens with one attached hydrogen (secondary N) is 2. The summed E-state index contributed by atoms with van der Waals surface area (Å²) in [6, 6.07) is 17.1. The van der Waals surface area contributed by atoms with Gasteiger partial charge in [0.2, 0.25) is 5.91 Å². The van der Waals surface area contributed by atoms with E-state index in [9.17, 15) is 9.59 Å². The maximum Gasteiger partial charge on any atom is 0.255 e. The van der Waals surface area contributed by atoms with E-state index in [-0.39, 0.29) is 11.8 Å². The van der Waals surface area contributed by atoms with Crippen LogP contribution in [0, 0.1) is 5.92 Å². The van der Waals surface area contributed by atoms with Gasteiger partial charge in [0.1, 0.15) is 6.04 Å². The van der Waals surface area contributed by atoms with Crippen molar-refractivity contribution in [2.24, 2.45) is 5.92 Å². The van der Waals surface area contributed by atoms with Crippen molar-refractivity contribution < 1.29 is 9.59 Å². The summed E-state index contributed by atoms with van der Waals surface area (Å²) in [5.74, 6) is 0.488. The van der Waals surface area contributed by atoms with E-state index in [1.807, 2.05) is 6.07 Å². The molecule has 0 aromatic heterocycles. The highest BCUT2D eigenvalue weighted by molar-refractivity contribution is 6.01. The molecule has 5 nitrogen and oxygen atoms in total. The van der Waals surface area contributed by atoms with Crippen LogP contribution in [-0.2, 0) is 24.2 Å². The predicted octanol–water partition coefficient (Wildman–Crippen LogP) is 4.37. The third-order valence-electron chi connectivity index (χ3n) is 7.77. The summed E-state index contributed by atoms with van der Waals surface area (Å²) in [5, 5.41) is 6.66. The van der Waals surface area contributed by atoms with Crippen molar-refractivity contribution in [3.8, 4) is 0 Å². The molecular weight excluding hydrogens is 422 g/mol. The highest BCUT2D eigenvalue weighted by Crippen LogP contribution is 2.32. The molecule has 3 aliphatic rings. The molecule has 2 amide bonds. The third-order valence-corrected chi connectivity index (χ3v) is 7.77. The Labute approximate surface area is 202 Å². The van der Waals surface area contributed by atoms with E-state index in [0.717, 1.165) is 42.6 Å². The van der Waals surface area contributed by atoms with Crippen LogP contribution in [0.4, 0.5) is 0 Å². The van der Waals surface area contributed by atoms with Gasteiger partial charge in [-0.2, -0.15) is 0 Å². The maximum atomic E-state index is 13.0. The zero-order chi connectivity index (χ0) is 23.5. The monoisotopic (exact) mass is 457 g/mol. The van der Waals surface area contributed by atoms with Gasteiger partial charge < -0.3 is 15.5 Å². The van der Waals surface area contributed by atoms with Crippen molar-refractivity contribution in [1.82, 2.24) is 15.5 Å². The maximum absolute atomic E-state index is 13.0. The van der Waals surface area contributed by atoms with Gasteiger partial charge in [-0.15, -0.1) is 0 Å². The van der Waals surface area contributed by atoms with E-state index >= 15 is 0 Å². The third kappa shape index (κ3) is 4.95. The zero-order valence-electron chi connectivity index (χ0n) is 19.9. The van der Waals surface area contributed by atoms with Crippen LogP contribution in [0.1, 0.15) is 65.6 Å². The van der Waals surface area contributed by atoms with E-state index in [1.165, 1.54) is 36.8 Å². The smallest absolute Gasteiger partial charge is 0.255 e. The van der Waals surface area contributed by atoms with Crippen LogP contribution in [0.5, 0.6) is 0 Å². The fourth-order valence-corrected chi connectivity index (χ4v) is 5.90. The minimum Gasteiger partial charge on any atom is -0.329 e. The van der Waals surface area contributed by atoms with E-state index in [4.69, 9.17) is 0 Å². The molecule has 1 aliphatic carbocycles. The van der Waals surface area contributed by atoms with Gasteiger partial charge in [0.25, 0.3) is 5.91 Å². The lowest BCUT2D eigenvalue weighted by Gasteiger charge is -2.32. The number of carbonyl (C=O) groups is 2. The van der Waals surface area contributed by atoms with E-state index < -0.39 is 6.04 Å². The number of fused-ring (bicyclic) bond motifs is 1. The molecule has 3 atom stereocenters. The Balaban J connectivity index is 1.22. The van der Waals surface area contributed by atoms with Gasteiger partial charge in [-0.25, -0.2) is 0 Å². The van der Waals surface area contributed by atoms with Crippen LogP contribution in [-0.4, -0.2) is 35.3 Å². The first-order valence-electron chi connectivity index (χ1n) is 12.8. The Bertz CT molecular complexity index is 1060. The lowest BCUT2D eigenvalue weighted by molar-refractivity contribution is -0.126. The first-order valence-corrected chi connectivity index (χ1v) is 12.8. The van der Waals surface area contributed by atoms with Crippen LogP contribution >= 0.6 is 0 Å². The quantitative estimate of drug-likeness (QED) is 0.649. The first-order chi connectivity index (χ1) is 16.6. The average Bonchev–Trinajstić information content (AvgIpc) is 3.16. The summed E-state index contributed by atoms with van der Waals surface area (Å²) in [6.45, 7) is 5.38. The minimum absolute atomic E-state index is 0.0210. The van der Waals surface area contributed by atoms with Crippen molar-refractivity contribution in [1.29, 1.82) is 0 Å². The van der Waals surface area contributed by atoms with Gasteiger partial charge in [-0.3, -0.25) is 9.59 Å². The standard InChI is InChI=1S/C29H35N3O2/c1-20-11-14-27(28(33)31-20)32-19-24-18-22(12-13-25(24)29(32)34)17-23-9-5-6-10-26(23)30-16-15-21-7-3-2-4-8-21/h2-4,7-8,12-13,18,23,26-27,30H,1,5-6,9-11,14-17,19H2,(H,31,33)/t23-,26+,27?/m1/s1. The Morgan fingerprint density at radius 1 is 1.00 bits per heavy atom. The number of rotatable bonds is 7. The lowest BCUT2D eigenvalue weighted by atomic mass is 9.80. The number of hydrogen-bond donors (Lipinski definition) is 2. The molecule has 2 aliphatic heterocycles. The van der Waals surface area contributed by atoms with Crippen molar-refractivity contribution in [2.45, 2.75) is 70.0 Å². The Kier molecular flexibility index (Phi) is 6.82. The largest absolute Gasteiger partial charge is 0.329 e. The highest BCUT2D eigenvalue weighted by Gasteiger charge is 2.38. The molecule has 5 heteroatoms. The number of benzene rings is 2. The average molecular weight is 458 g/mol. The first kappa shape index (κ1) is 22.9. The zero-order valence-corrected chi connectivity index (χ0v) is 19.9. The van der Waals surface area contributed by atoms with Crippen molar-refractivity contribution in [3.63, 3.8) is 0 Å². The summed E-state index contributed by atoms with van der Waals surface area (Å²) in [4.78, 5) is 27.2. The van der Waals surface area contributed by atoms with Gasteiger partial charge in [0.15, 0.2) is 0 Å². The second kappa shape index (κ2) is 10.1. The predicted molar refractivity (Wildman–Crippen MR) is 134 cm³/mol. The number of amides is 2. The number of allylic oxidation sites excluding steroid dienone is 1. The normalized spacial score (nSPS) is 24.8. The molecule has 0 bridgehead atoms. The topological polar surface area (TPSA) is 61.4 Å². The SMILES string of the molecule is C=C1CCC(N2Cc3cc(C[C@H]4CCCC[C@@H]4NCCc4ccccc4)ccc3C2=O)C(=O)N1. The molecule has 2 fully saturated rings. The van der Waals surface area contributed by atoms with Crippen LogP contribution in [0.2, 0.25) is 0 Å².